The van der Waals surface area contributed by atoms with Crippen molar-refractivity contribution >= 4 is 11.6 Å². The lowest BCUT2D eigenvalue weighted by Gasteiger charge is -2.28. The highest BCUT2D eigenvalue weighted by atomic mass is 14.3. The molecule has 0 nitrogen and oxygen atoms in total. The Labute approximate surface area is 179 Å². The summed E-state index contributed by atoms with van der Waals surface area (Å²) in [6, 6.07) is 21.4. The fraction of sp³-hybridized carbons (Fsp3) is 0.448. The van der Waals surface area contributed by atoms with E-state index in [2.05, 4.69) is 107 Å². The minimum absolute atomic E-state index is 0.286. The van der Waals surface area contributed by atoms with Crippen molar-refractivity contribution in [3.63, 3.8) is 0 Å². The zero-order chi connectivity index (χ0) is 21.0. The molecule has 0 spiro atoms. The Balaban J connectivity index is 2.14. The van der Waals surface area contributed by atoms with E-state index in [1.165, 1.54) is 61.6 Å². The normalized spacial score (nSPS) is 13.7. The molecule has 1 atom stereocenters. The van der Waals surface area contributed by atoms with Crippen molar-refractivity contribution < 1.29 is 0 Å². The summed E-state index contributed by atoms with van der Waals surface area (Å²) in [6.07, 6.45) is 16.6. The Bertz CT molecular complexity index is 729. The highest BCUT2D eigenvalue weighted by Gasteiger charge is 2.21. The maximum absolute atomic E-state index is 2.47. The van der Waals surface area contributed by atoms with Crippen molar-refractivity contribution in [2.45, 2.75) is 72.6 Å². The smallest absolute Gasteiger partial charge is 0.0181 e. The zero-order valence-electron chi connectivity index (χ0n) is 19.0. The molecule has 0 aliphatic heterocycles. The van der Waals surface area contributed by atoms with E-state index in [-0.39, 0.29) is 5.41 Å². The summed E-state index contributed by atoms with van der Waals surface area (Å²) in [4.78, 5) is 0. The number of hydrogen-bond donors (Lipinski definition) is 0. The summed E-state index contributed by atoms with van der Waals surface area (Å²) in [5.41, 5.74) is 4.10. The third kappa shape index (κ3) is 8.86. The summed E-state index contributed by atoms with van der Waals surface area (Å²) < 4.78 is 0. The fourth-order valence-electron chi connectivity index (χ4n) is 3.77. The quantitative estimate of drug-likeness (QED) is 0.204. The molecule has 0 heterocycles. The molecule has 29 heavy (non-hydrogen) atoms. The first-order valence-electron chi connectivity index (χ1n) is 11.5. The van der Waals surface area contributed by atoms with Gasteiger partial charge in [0, 0.05) is 0 Å². The summed E-state index contributed by atoms with van der Waals surface area (Å²) in [5, 5.41) is 0. The van der Waals surface area contributed by atoms with Crippen LogP contribution in [-0.4, -0.2) is 0 Å². The molecule has 0 fully saturated rings. The summed E-state index contributed by atoms with van der Waals surface area (Å²) in [5.74, 6) is 0.594. The van der Waals surface area contributed by atoms with Gasteiger partial charge in [0.2, 0.25) is 0 Å². The fourth-order valence-corrected chi connectivity index (χ4v) is 3.77. The molecule has 0 saturated heterocycles. The molecule has 0 amide bonds. The monoisotopic (exact) mass is 388 g/mol. The SMILES string of the molecule is CCCCCCCCC(/C=C/C(=C\c1ccccc1)c1ccccc1)C(C)(C)C. The molecule has 0 aliphatic carbocycles. The van der Waals surface area contributed by atoms with Crippen LogP contribution in [0.2, 0.25) is 0 Å². The number of benzene rings is 2. The molecule has 0 saturated carbocycles. The minimum atomic E-state index is 0.286. The van der Waals surface area contributed by atoms with Gasteiger partial charge in [-0.2, -0.15) is 0 Å². The third-order valence-electron chi connectivity index (χ3n) is 5.72. The van der Waals surface area contributed by atoms with Gasteiger partial charge in [0.25, 0.3) is 0 Å². The minimum Gasteiger partial charge on any atom is -0.0803 e. The predicted octanol–water partition coefficient (Wildman–Crippen LogP) is 9.20. The largest absolute Gasteiger partial charge is 0.0803 e. The van der Waals surface area contributed by atoms with E-state index in [1.54, 1.807) is 0 Å². The second-order valence-corrected chi connectivity index (χ2v) is 9.26. The summed E-state index contributed by atoms with van der Waals surface area (Å²) in [7, 11) is 0. The Kier molecular flexibility index (Phi) is 9.98. The number of unbranched alkanes of at least 4 members (excludes halogenated alkanes) is 5. The van der Waals surface area contributed by atoms with Crippen molar-refractivity contribution in [2.24, 2.45) is 11.3 Å². The van der Waals surface area contributed by atoms with Crippen LogP contribution in [0.5, 0.6) is 0 Å². The van der Waals surface area contributed by atoms with E-state index >= 15 is 0 Å². The topological polar surface area (TPSA) is 0 Å². The summed E-state index contributed by atoms with van der Waals surface area (Å²) in [6.45, 7) is 9.42. The van der Waals surface area contributed by atoms with E-state index in [0.717, 1.165) is 0 Å². The molecule has 2 aromatic carbocycles. The van der Waals surface area contributed by atoms with Crippen LogP contribution in [0.3, 0.4) is 0 Å². The van der Waals surface area contributed by atoms with Crippen LogP contribution >= 0.6 is 0 Å². The Hall–Kier alpha value is -2.08. The molecule has 1 unspecified atom stereocenters. The van der Waals surface area contributed by atoms with Gasteiger partial charge in [0.15, 0.2) is 0 Å². The van der Waals surface area contributed by atoms with E-state index in [9.17, 15) is 0 Å². The molecule has 0 aliphatic rings. The number of allylic oxidation sites excluding steroid dienone is 3. The standard InChI is InChI=1S/C29H40/c1-5-6-7-8-9-16-21-28(29(2,3)4)23-22-27(26-19-14-11-15-20-26)24-25-17-12-10-13-18-25/h10-15,17-20,22-24,28H,5-9,16,21H2,1-4H3/b23-22+,27-24+. The first kappa shape index (κ1) is 23.2. The Morgan fingerprint density at radius 1 is 0.793 bits per heavy atom. The van der Waals surface area contributed by atoms with Gasteiger partial charge in [-0.05, 0) is 40.5 Å². The molecule has 0 aromatic heterocycles. The first-order chi connectivity index (χ1) is 14.0. The molecule has 2 rings (SSSR count). The molecule has 0 radical (unpaired) electrons. The van der Waals surface area contributed by atoms with Crippen LogP contribution in [0.15, 0.2) is 72.8 Å². The van der Waals surface area contributed by atoms with E-state index < -0.39 is 0 Å². The van der Waals surface area contributed by atoms with Crippen LogP contribution < -0.4 is 0 Å². The number of rotatable bonds is 11. The maximum atomic E-state index is 2.47. The van der Waals surface area contributed by atoms with E-state index in [0.29, 0.717) is 5.92 Å². The second-order valence-electron chi connectivity index (χ2n) is 9.26. The van der Waals surface area contributed by atoms with Crippen LogP contribution in [-0.2, 0) is 0 Å². The van der Waals surface area contributed by atoms with Crippen molar-refractivity contribution in [1.29, 1.82) is 0 Å². The van der Waals surface area contributed by atoms with E-state index in [1.807, 2.05) is 0 Å². The Morgan fingerprint density at radius 2 is 1.38 bits per heavy atom. The average molecular weight is 389 g/mol. The van der Waals surface area contributed by atoms with Crippen LogP contribution in [0.1, 0.15) is 83.8 Å². The maximum Gasteiger partial charge on any atom is -0.0181 e. The summed E-state index contributed by atoms with van der Waals surface area (Å²) >= 11 is 0. The molecule has 0 heteroatoms. The molecular formula is C29H40. The van der Waals surface area contributed by atoms with Crippen molar-refractivity contribution in [3.05, 3.63) is 83.9 Å². The average Bonchev–Trinajstić information content (AvgIpc) is 2.72. The van der Waals surface area contributed by atoms with Crippen molar-refractivity contribution in [1.82, 2.24) is 0 Å². The van der Waals surface area contributed by atoms with Gasteiger partial charge in [-0.3, -0.25) is 0 Å². The van der Waals surface area contributed by atoms with Gasteiger partial charge in [0.1, 0.15) is 0 Å². The van der Waals surface area contributed by atoms with Gasteiger partial charge >= 0.3 is 0 Å². The highest BCUT2D eigenvalue weighted by molar-refractivity contribution is 5.87. The van der Waals surface area contributed by atoms with Gasteiger partial charge in [-0.1, -0.05) is 139 Å². The van der Waals surface area contributed by atoms with E-state index in [4.69, 9.17) is 0 Å². The lowest BCUT2D eigenvalue weighted by atomic mass is 9.77. The zero-order valence-corrected chi connectivity index (χ0v) is 19.0. The van der Waals surface area contributed by atoms with Crippen molar-refractivity contribution in [2.75, 3.05) is 0 Å². The van der Waals surface area contributed by atoms with Gasteiger partial charge in [-0.25, -0.2) is 0 Å². The lowest BCUT2D eigenvalue weighted by molar-refractivity contribution is 0.271. The van der Waals surface area contributed by atoms with Crippen LogP contribution in [0.4, 0.5) is 0 Å². The third-order valence-corrected chi connectivity index (χ3v) is 5.72. The van der Waals surface area contributed by atoms with Gasteiger partial charge in [-0.15, -0.1) is 0 Å². The Morgan fingerprint density at radius 3 is 2.00 bits per heavy atom. The molecule has 156 valence electrons. The number of hydrogen-bond acceptors (Lipinski definition) is 0. The predicted molar refractivity (Wildman–Crippen MR) is 131 cm³/mol. The molecule has 0 bridgehead atoms. The first-order valence-corrected chi connectivity index (χ1v) is 11.5. The van der Waals surface area contributed by atoms with Crippen molar-refractivity contribution in [3.8, 4) is 0 Å². The van der Waals surface area contributed by atoms with Gasteiger partial charge < -0.3 is 0 Å². The molecule has 2 aromatic rings. The highest BCUT2D eigenvalue weighted by Crippen LogP contribution is 2.33. The second kappa shape index (κ2) is 12.5. The van der Waals surface area contributed by atoms with Crippen LogP contribution in [0, 0.1) is 11.3 Å². The molecular weight excluding hydrogens is 348 g/mol. The van der Waals surface area contributed by atoms with Gasteiger partial charge in [0.05, 0.1) is 0 Å². The van der Waals surface area contributed by atoms with Crippen LogP contribution in [0.25, 0.3) is 11.6 Å². The molecule has 0 N–H and O–H groups in total. The lowest BCUT2D eigenvalue weighted by Crippen LogP contribution is -2.18.